The Bertz CT molecular complexity index is 173. The van der Waals surface area contributed by atoms with Crippen LogP contribution in [0.2, 0.25) is 0 Å². The molecule has 0 aliphatic heterocycles. The van der Waals surface area contributed by atoms with Crippen LogP contribution in [0.3, 0.4) is 0 Å². The summed E-state index contributed by atoms with van der Waals surface area (Å²) in [7, 11) is -5.84. The van der Waals surface area contributed by atoms with Gasteiger partial charge in [0.2, 0.25) is 0 Å². The zero-order valence-corrected chi connectivity index (χ0v) is 7.12. The van der Waals surface area contributed by atoms with Gasteiger partial charge in [0, 0.05) is 0 Å². The molecule has 0 aromatic carbocycles. The topological polar surface area (TPSA) is 54.4 Å². The first kappa shape index (κ1) is 12.4. The first-order valence-electron chi connectivity index (χ1n) is 1.29. The van der Waals surface area contributed by atoms with Crippen LogP contribution >= 0.6 is 0 Å². The van der Waals surface area contributed by atoms with E-state index in [4.69, 9.17) is 13.0 Å². The number of hydrogen-bond donors (Lipinski definition) is 1. The molecule has 1 N–H and O–H groups in total. The average molecular weight is 174 g/mol. The molecule has 52 valence electrons. The summed E-state index contributed by atoms with van der Waals surface area (Å²) in [5.41, 5.74) is -5.53. The molecule has 0 rings (SSSR count). The summed E-state index contributed by atoms with van der Waals surface area (Å²) >= 11 is 0. The fourth-order valence-corrected chi connectivity index (χ4v) is 0. The second kappa shape index (κ2) is 3.20. The zero-order valence-electron chi connectivity index (χ0n) is 5.31. The fourth-order valence-electron chi connectivity index (χ4n) is 0. The van der Waals surface area contributed by atoms with Crippen LogP contribution in [-0.2, 0) is 10.1 Å². The molecule has 0 atom stereocenters. The Labute approximate surface area is 72.8 Å². The molecule has 0 bridgehead atoms. The summed E-state index contributed by atoms with van der Waals surface area (Å²) in [5, 5.41) is 0. The average Bonchev–Trinajstić information content (AvgIpc) is 1.25. The quantitative estimate of drug-likeness (QED) is 0.251. The smallest absolute Gasteiger partial charge is 1.00 e. The van der Waals surface area contributed by atoms with E-state index >= 15 is 0 Å². The van der Waals surface area contributed by atoms with E-state index in [1.807, 2.05) is 0 Å². The van der Waals surface area contributed by atoms with Gasteiger partial charge in [0.15, 0.2) is 0 Å². The maximum atomic E-state index is 10.7. The summed E-state index contributed by atoms with van der Waals surface area (Å²) in [6, 6.07) is 0. The van der Waals surface area contributed by atoms with Crippen LogP contribution < -0.4 is 29.6 Å². The molecule has 0 saturated heterocycles. The van der Waals surface area contributed by atoms with E-state index in [1.165, 1.54) is 0 Å². The molecule has 0 spiro atoms. The van der Waals surface area contributed by atoms with Gasteiger partial charge in [0.05, 0.1) is 0 Å². The van der Waals surface area contributed by atoms with Crippen LogP contribution in [0.1, 0.15) is 1.43 Å². The van der Waals surface area contributed by atoms with Crippen molar-refractivity contribution in [2.75, 3.05) is 0 Å². The molecule has 8 heteroatoms. The number of halogens is 3. The molecule has 0 saturated carbocycles. The van der Waals surface area contributed by atoms with Crippen molar-refractivity contribution in [2.24, 2.45) is 0 Å². The predicted octanol–water partition coefficient (Wildman–Crippen LogP) is -2.49. The van der Waals surface area contributed by atoms with Crippen molar-refractivity contribution < 1.29 is 57.1 Å². The molecule has 0 heterocycles. The third-order valence-corrected chi connectivity index (χ3v) is 0.877. The number of hydrogen-bond acceptors (Lipinski definition) is 2. The van der Waals surface area contributed by atoms with E-state index in [0.717, 1.165) is 0 Å². The summed E-state index contributed by atoms with van der Waals surface area (Å²) in [6.45, 7) is 0. The zero-order chi connectivity index (χ0) is 7.00. The van der Waals surface area contributed by atoms with Crippen molar-refractivity contribution in [1.82, 2.24) is 0 Å². The molecule has 0 fully saturated rings. The van der Waals surface area contributed by atoms with Gasteiger partial charge in [-0.15, -0.1) is 0 Å². The second-order valence-corrected chi connectivity index (χ2v) is 2.33. The van der Waals surface area contributed by atoms with E-state index in [1.54, 1.807) is 0 Å². The molecule has 9 heavy (non-hydrogen) atoms. The summed E-state index contributed by atoms with van der Waals surface area (Å²) in [4.78, 5) is 0. The van der Waals surface area contributed by atoms with Gasteiger partial charge in [-0.3, -0.25) is 4.55 Å². The van der Waals surface area contributed by atoms with Gasteiger partial charge < -0.3 is 1.43 Å². The minimum atomic E-state index is -5.84. The molecule has 0 aliphatic rings. The van der Waals surface area contributed by atoms with Crippen LogP contribution in [-0.4, -0.2) is 18.5 Å². The molecule has 0 unspecified atom stereocenters. The Morgan fingerprint density at radius 2 is 1.44 bits per heavy atom. The van der Waals surface area contributed by atoms with E-state index in [-0.39, 0.29) is 31.0 Å². The van der Waals surface area contributed by atoms with E-state index < -0.39 is 15.6 Å². The van der Waals surface area contributed by atoms with Crippen molar-refractivity contribution in [3.05, 3.63) is 0 Å². The third kappa shape index (κ3) is 4.15. The summed E-state index contributed by atoms with van der Waals surface area (Å²) < 4.78 is 57.5. The number of rotatable bonds is 0. The van der Waals surface area contributed by atoms with Crippen molar-refractivity contribution in [3.8, 4) is 0 Å². The molecule has 0 aliphatic carbocycles. The monoisotopic (exact) mass is 174 g/mol. The van der Waals surface area contributed by atoms with Crippen molar-refractivity contribution in [3.63, 3.8) is 0 Å². The molecular weight excluding hydrogens is 172 g/mol. The molecule has 0 radical (unpaired) electrons. The molecular formula is CH2F3NaO3S. The SMILES string of the molecule is O=S(=O)(O)C(F)(F)F.[H-].[Na+]. The normalized spacial score (nSPS) is 12.4. The standard InChI is InChI=1S/CHF3O3S.Na.H/c2-1(3,4)8(5,6)7;;/h(H,5,6,7);;/q;+1;-1. The third-order valence-electron chi connectivity index (χ3n) is 0.292. The van der Waals surface area contributed by atoms with E-state index in [0.29, 0.717) is 0 Å². The van der Waals surface area contributed by atoms with Gasteiger partial charge in [-0.2, -0.15) is 21.6 Å². The van der Waals surface area contributed by atoms with Gasteiger partial charge in [0.25, 0.3) is 0 Å². The van der Waals surface area contributed by atoms with Crippen LogP contribution in [0.15, 0.2) is 0 Å². The summed E-state index contributed by atoms with van der Waals surface area (Å²) in [5.74, 6) is 0. The van der Waals surface area contributed by atoms with Gasteiger partial charge in [-0.25, -0.2) is 0 Å². The summed E-state index contributed by atoms with van der Waals surface area (Å²) in [6.07, 6.45) is 0. The first-order chi connectivity index (χ1) is 3.25. The van der Waals surface area contributed by atoms with Crippen LogP contribution in [0.25, 0.3) is 0 Å². The first-order valence-corrected chi connectivity index (χ1v) is 2.73. The Balaban J connectivity index is -0.000000245. The van der Waals surface area contributed by atoms with E-state index in [9.17, 15) is 13.2 Å². The predicted molar refractivity (Wildman–Crippen MR) is 18.7 cm³/mol. The minimum Gasteiger partial charge on any atom is -1.00 e. The van der Waals surface area contributed by atoms with Gasteiger partial charge in [-0.1, -0.05) is 0 Å². The van der Waals surface area contributed by atoms with Crippen LogP contribution in [0.5, 0.6) is 0 Å². The van der Waals surface area contributed by atoms with Gasteiger partial charge in [-0.05, 0) is 0 Å². The van der Waals surface area contributed by atoms with Crippen molar-refractivity contribution >= 4 is 10.1 Å². The molecule has 0 aromatic rings. The largest absolute Gasteiger partial charge is 1.00 e. The van der Waals surface area contributed by atoms with Crippen molar-refractivity contribution in [1.29, 1.82) is 0 Å². The van der Waals surface area contributed by atoms with Crippen LogP contribution in [0.4, 0.5) is 13.2 Å². The molecule has 0 aromatic heterocycles. The second-order valence-electron chi connectivity index (χ2n) is 0.921. The van der Waals surface area contributed by atoms with E-state index in [2.05, 4.69) is 0 Å². The Morgan fingerprint density at radius 1 is 1.33 bits per heavy atom. The maximum Gasteiger partial charge on any atom is 1.00 e. The van der Waals surface area contributed by atoms with Crippen molar-refractivity contribution in [2.45, 2.75) is 5.51 Å². The maximum absolute atomic E-state index is 10.7. The van der Waals surface area contributed by atoms with Gasteiger partial charge in [0.1, 0.15) is 0 Å². The van der Waals surface area contributed by atoms with Crippen LogP contribution in [0, 0.1) is 0 Å². The molecule has 0 amide bonds. The Morgan fingerprint density at radius 3 is 1.44 bits per heavy atom. The van der Waals surface area contributed by atoms with Gasteiger partial charge >= 0.3 is 45.2 Å². The fraction of sp³-hybridized carbons (Fsp3) is 1.00. The minimum absolute atomic E-state index is 0. The molecule has 3 nitrogen and oxygen atoms in total. The Hall–Kier alpha value is 0.700. The number of alkyl halides is 3. The Kier molecular flexibility index (Phi) is 4.40.